The number of nitro groups is 1. The van der Waals surface area contributed by atoms with Crippen LogP contribution in [0.2, 0.25) is 0 Å². The molecule has 0 fully saturated rings. The average molecular weight is 466 g/mol. The fourth-order valence-corrected chi connectivity index (χ4v) is 4.54. The number of carbonyl (C=O) groups excluding carboxylic acids is 1. The van der Waals surface area contributed by atoms with Gasteiger partial charge in [-0.3, -0.25) is 19.9 Å². The van der Waals surface area contributed by atoms with Crippen molar-refractivity contribution in [2.75, 3.05) is 5.32 Å². The van der Waals surface area contributed by atoms with Crippen LogP contribution in [0.15, 0.2) is 75.7 Å². The first-order chi connectivity index (χ1) is 15.5. The highest BCUT2D eigenvalue weighted by molar-refractivity contribution is 8.01. The lowest BCUT2D eigenvalue weighted by Crippen LogP contribution is -2.12. The minimum atomic E-state index is -0.505. The van der Waals surface area contributed by atoms with E-state index in [0.717, 1.165) is 5.69 Å². The van der Waals surface area contributed by atoms with Crippen molar-refractivity contribution in [2.24, 2.45) is 0 Å². The minimum Gasteiger partial charge on any atom is -0.437 e. The van der Waals surface area contributed by atoms with Crippen LogP contribution in [0.3, 0.4) is 0 Å². The fraction of sp³-hybridized carbons (Fsp3) is 0.0476. The molecule has 0 saturated heterocycles. The van der Waals surface area contributed by atoms with Crippen LogP contribution < -0.4 is 10.1 Å². The number of anilines is 1. The predicted octanol–water partition coefficient (Wildman–Crippen LogP) is 5.35. The number of nitrogens with one attached hydrogen (secondary N) is 1. The number of thiazole rings is 1. The second kappa shape index (κ2) is 9.54. The molecule has 160 valence electrons. The van der Waals surface area contributed by atoms with E-state index < -0.39 is 10.8 Å². The van der Waals surface area contributed by atoms with Crippen molar-refractivity contribution in [3.8, 4) is 11.6 Å². The molecule has 0 bridgehead atoms. The first-order valence-corrected chi connectivity index (χ1v) is 10.9. The molecule has 1 N–H and O–H groups in total. The van der Waals surface area contributed by atoms with E-state index in [1.807, 2.05) is 12.3 Å². The highest BCUT2D eigenvalue weighted by Gasteiger charge is 2.20. The average Bonchev–Trinajstić information content (AvgIpc) is 3.19. The van der Waals surface area contributed by atoms with Crippen molar-refractivity contribution in [1.82, 2.24) is 15.0 Å². The van der Waals surface area contributed by atoms with Gasteiger partial charge in [0.1, 0.15) is 5.75 Å². The zero-order valence-corrected chi connectivity index (χ0v) is 18.2. The van der Waals surface area contributed by atoms with Gasteiger partial charge in [0, 0.05) is 46.9 Å². The summed E-state index contributed by atoms with van der Waals surface area (Å²) in [6.07, 6.45) is 4.51. The number of nitro benzene ring substituents is 1. The lowest BCUT2D eigenvalue weighted by atomic mass is 10.2. The topological polar surface area (TPSA) is 120 Å². The van der Waals surface area contributed by atoms with Crippen LogP contribution in [-0.2, 0) is 0 Å². The summed E-state index contributed by atoms with van der Waals surface area (Å²) in [7, 11) is 0. The summed E-state index contributed by atoms with van der Waals surface area (Å²) in [4.78, 5) is 36.5. The predicted molar refractivity (Wildman–Crippen MR) is 121 cm³/mol. The van der Waals surface area contributed by atoms with Crippen LogP contribution in [0.25, 0.3) is 0 Å². The van der Waals surface area contributed by atoms with E-state index in [-0.39, 0.29) is 11.3 Å². The van der Waals surface area contributed by atoms with Crippen LogP contribution in [0.1, 0.15) is 16.1 Å². The van der Waals surface area contributed by atoms with E-state index in [0.29, 0.717) is 26.6 Å². The van der Waals surface area contributed by atoms with Gasteiger partial charge in [0.05, 0.1) is 16.0 Å². The SMILES string of the molecule is Cc1csc(Sc2ccc(C(=O)Nc3cccc(Oc4cnccn4)c3)cc2[N+](=O)[O-])n1. The lowest BCUT2D eigenvalue weighted by Gasteiger charge is -2.09. The lowest BCUT2D eigenvalue weighted by molar-refractivity contribution is -0.387. The van der Waals surface area contributed by atoms with Crippen molar-refractivity contribution in [3.63, 3.8) is 0 Å². The van der Waals surface area contributed by atoms with Crippen LogP contribution >= 0.6 is 23.1 Å². The number of benzene rings is 2. The van der Waals surface area contributed by atoms with Crippen LogP contribution in [-0.4, -0.2) is 25.8 Å². The van der Waals surface area contributed by atoms with Gasteiger partial charge in [0.2, 0.25) is 5.88 Å². The molecule has 1 amide bonds. The number of hydrogen-bond donors (Lipinski definition) is 1. The van der Waals surface area contributed by atoms with E-state index in [2.05, 4.69) is 20.3 Å². The van der Waals surface area contributed by atoms with Crippen molar-refractivity contribution in [1.29, 1.82) is 0 Å². The molecule has 0 saturated carbocycles. The Morgan fingerprint density at radius 2 is 2.09 bits per heavy atom. The maximum absolute atomic E-state index is 12.7. The molecule has 0 aliphatic carbocycles. The zero-order chi connectivity index (χ0) is 22.5. The number of carbonyl (C=O) groups is 1. The van der Waals surface area contributed by atoms with Crippen molar-refractivity contribution >= 4 is 40.4 Å². The first-order valence-electron chi connectivity index (χ1n) is 9.21. The van der Waals surface area contributed by atoms with Gasteiger partial charge in [0.15, 0.2) is 4.34 Å². The van der Waals surface area contributed by atoms with Gasteiger partial charge >= 0.3 is 0 Å². The molecular weight excluding hydrogens is 450 g/mol. The smallest absolute Gasteiger partial charge is 0.284 e. The minimum absolute atomic E-state index is 0.157. The molecule has 2 heterocycles. The Labute approximate surface area is 190 Å². The monoisotopic (exact) mass is 465 g/mol. The Morgan fingerprint density at radius 1 is 1.22 bits per heavy atom. The Balaban J connectivity index is 1.51. The molecule has 0 radical (unpaired) electrons. The van der Waals surface area contributed by atoms with Gasteiger partial charge in [-0.25, -0.2) is 9.97 Å². The first kappa shape index (κ1) is 21.4. The molecule has 0 unspecified atom stereocenters. The van der Waals surface area contributed by atoms with E-state index in [4.69, 9.17) is 4.74 Å². The van der Waals surface area contributed by atoms with Gasteiger partial charge in [-0.15, -0.1) is 11.3 Å². The number of nitrogens with zero attached hydrogens (tertiary/aromatic N) is 4. The van der Waals surface area contributed by atoms with Gasteiger partial charge in [-0.05, 0) is 31.2 Å². The normalized spacial score (nSPS) is 10.5. The van der Waals surface area contributed by atoms with E-state index >= 15 is 0 Å². The highest BCUT2D eigenvalue weighted by atomic mass is 32.2. The highest BCUT2D eigenvalue weighted by Crippen LogP contribution is 2.37. The molecule has 0 aliphatic heterocycles. The molecule has 2 aromatic carbocycles. The quantitative estimate of drug-likeness (QED) is 0.287. The van der Waals surface area contributed by atoms with Gasteiger partial charge < -0.3 is 10.1 Å². The van der Waals surface area contributed by atoms with Gasteiger partial charge in [-0.2, -0.15) is 0 Å². The molecule has 0 spiro atoms. The third kappa shape index (κ3) is 5.25. The molecule has 0 atom stereocenters. The zero-order valence-electron chi connectivity index (χ0n) is 16.6. The Hall–Kier alpha value is -3.83. The Morgan fingerprint density at radius 3 is 2.81 bits per heavy atom. The maximum atomic E-state index is 12.7. The van der Waals surface area contributed by atoms with Crippen LogP contribution in [0, 0.1) is 17.0 Å². The van der Waals surface area contributed by atoms with E-state index in [1.165, 1.54) is 47.8 Å². The van der Waals surface area contributed by atoms with Crippen molar-refractivity contribution in [3.05, 3.63) is 87.8 Å². The molecule has 11 heteroatoms. The second-order valence-electron chi connectivity index (χ2n) is 6.42. The molecule has 9 nitrogen and oxygen atoms in total. The summed E-state index contributed by atoms with van der Waals surface area (Å²) in [5, 5.41) is 16.2. The maximum Gasteiger partial charge on any atom is 0.284 e. The van der Waals surface area contributed by atoms with E-state index in [1.54, 1.807) is 36.4 Å². The molecule has 0 aliphatic rings. The van der Waals surface area contributed by atoms with Crippen molar-refractivity contribution in [2.45, 2.75) is 16.2 Å². The summed E-state index contributed by atoms with van der Waals surface area (Å²) in [6.45, 7) is 1.86. The van der Waals surface area contributed by atoms with Gasteiger partial charge in [0.25, 0.3) is 11.6 Å². The summed E-state index contributed by atoms with van der Waals surface area (Å²) in [5.41, 5.74) is 1.32. The van der Waals surface area contributed by atoms with Gasteiger partial charge in [-0.1, -0.05) is 17.8 Å². The number of aryl methyl sites for hydroxylation is 1. The summed E-state index contributed by atoms with van der Waals surface area (Å²) >= 11 is 2.61. The molecule has 2 aromatic heterocycles. The molecule has 4 rings (SSSR count). The second-order valence-corrected chi connectivity index (χ2v) is 8.57. The van der Waals surface area contributed by atoms with Crippen molar-refractivity contribution < 1.29 is 14.5 Å². The summed E-state index contributed by atoms with van der Waals surface area (Å²) in [5.74, 6) is 0.293. The number of ether oxygens (including phenoxy) is 1. The third-order valence-electron chi connectivity index (χ3n) is 4.07. The third-order valence-corrected chi connectivity index (χ3v) is 6.19. The number of rotatable bonds is 7. The Bertz CT molecular complexity index is 1280. The van der Waals surface area contributed by atoms with Crippen LogP contribution in [0.4, 0.5) is 11.4 Å². The summed E-state index contributed by atoms with van der Waals surface area (Å²) in [6, 6.07) is 11.1. The fourth-order valence-electron chi connectivity index (χ4n) is 2.66. The number of amides is 1. The van der Waals surface area contributed by atoms with Crippen LogP contribution in [0.5, 0.6) is 11.6 Å². The van der Waals surface area contributed by atoms with E-state index in [9.17, 15) is 14.9 Å². The Kier molecular flexibility index (Phi) is 6.38. The molecule has 4 aromatic rings. The molecular formula is C21H15N5O4S2. The standard InChI is InChI=1S/C21H15N5O4S2/c1-13-12-31-21(24-13)32-18-6-5-14(9-17(18)26(28)29)20(27)25-15-3-2-4-16(10-15)30-19-11-22-7-8-23-19/h2-12H,1H3,(H,25,27). The summed E-state index contributed by atoms with van der Waals surface area (Å²) < 4.78 is 6.31. The largest absolute Gasteiger partial charge is 0.437 e. The molecule has 32 heavy (non-hydrogen) atoms. The number of aromatic nitrogens is 3. The number of hydrogen-bond acceptors (Lipinski definition) is 9.